The highest BCUT2D eigenvalue weighted by Gasteiger charge is 2.47. The molecule has 46 heavy (non-hydrogen) atoms. The smallest absolute Gasteiger partial charge is 0.303 e. The van der Waals surface area contributed by atoms with Crippen LogP contribution in [0.3, 0.4) is 0 Å². The first-order valence-corrected chi connectivity index (χ1v) is 16.7. The van der Waals surface area contributed by atoms with Crippen LogP contribution in [0.2, 0.25) is 0 Å². The van der Waals surface area contributed by atoms with Crippen LogP contribution in [0.15, 0.2) is 49.2 Å². The molecule has 1 aromatic carbocycles. The number of benzene rings is 1. The van der Waals surface area contributed by atoms with Gasteiger partial charge in [0.2, 0.25) is 5.95 Å². The van der Waals surface area contributed by atoms with Crippen LogP contribution in [0.1, 0.15) is 94.6 Å². The Morgan fingerprint density at radius 2 is 1.80 bits per heavy atom. The lowest BCUT2D eigenvalue weighted by atomic mass is 9.80. The molecular formula is C33H45F5N4O3S. The van der Waals surface area contributed by atoms with E-state index in [9.17, 15) is 26.7 Å². The highest BCUT2D eigenvalue weighted by atomic mass is 32.2. The summed E-state index contributed by atoms with van der Waals surface area (Å²) in [4.78, 5) is 20.7. The average Bonchev–Trinajstić information content (AvgIpc) is 3.54. The first kappa shape index (κ1) is 39.1. The van der Waals surface area contributed by atoms with E-state index < -0.39 is 34.3 Å². The number of aromatic nitrogens is 3. The monoisotopic (exact) mass is 672 g/mol. The van der Waals surface area contributed by atoms with E-state index in [1.807, 2.05) is 34.6 Å². The Balaban J connectivity index is 0.00000116. The second-order valence-corrected chi connectivity index (χ2v) is 13.8. The van der Waals surface area contributed by atoms with Crippen molar-refractivity contribution in [3.63, 3.8) is 0 Å². The van der Waals surface area contributed by atoms with Gasteiger partial charge in [0, 0.05) is 56.9 Å². The molecule has 0 spiro atoms. The molecule has 1 saturated heterocycles. The first-order chi connectivity index (χ1) is 21.3. The second kappa shape index (κ2) is 16.2. The molecule has 5 rings (SSSR count). The van der Waals surface area contributed by atoms with E-state index >= 15 is 0 Å². The molecule has 0 saturated carbocycles. The molecule has 0 N–H and O–H groups in total. The van der Waals surface area contributed by atoms with Crippen molar-refractivity contribution in [2.24, 2.45) is 5.41 Å². The third-order valence-electron chi connectivity index (χ3n) is 8.60. The van der Waals surface area contributed by atoms with E-state index in [0.717, 1.165) is 23.1 Å². The van der Waals surface area contributed by atoms with E-state index in [-0.39, 0.29) is 34.6 Å². The zero-order valence-electron chi connectivity index (χ0n) is 27.3. The van der Waals surface area contributed by atoms with Gasteiger partial charge in [0.25, 0.3) is 0 Å². The molecule has 0 bridgehead atoms. The van der Waals surface area contributed by atoms with Crippen LogP contribution < -0.4 is 0 Å². The Bertz CT molecular complexity index is 1470. The van der Waals surface area contributed by atoms with Gasteiger partial charge in [-0.05, 0) is 61.9 Å². The highest BCUT2D eigenvalue weighted by Crippen LogP contribution is 2.49. The van der Waals surface area contributed by atoms with Crippen molar-refractivity contribution in [1.82, 2.24) is 19.5 Å². The summed E-state index contributed by atoms with van der Waals surface area (Å²) in [7, 11) is 0.473. The minimum Gasteiger partial charge on any atom is -0.303 e. The first-order valence-electron chi connectivity index (χ1n) is 15.2. The van der Waals surface area contributed by atoms with Crippen molar-refractivity contribution in [1.29, 1.82) is 0 Å². The van der Waals surface area contributed by atoms with Crippen LogP contribution in [0.5, 0.6) is 0 Å². The molecule has 1 aliphatic heterocycles. The molecule has 2 aromatic heterocycles. The number of alkyl halides is 2. The van der Waals surface area contributed by atoms with Gasteiger partial charge in [-0.3, -0.25) is 13.8 Å². The van der Waals surface area contributed by atoms with Gasteiger partial charge in [0.1, 0.15) is 12.3 Å². The van der Waals surface area contributed by atoms with Gasteiger partial charge in [-0.2, -0.15) is 13.2 Å². The van der Waals surface area contributed by atoms with E-state index in [1.54, 1.807) is 24.4 Å². The molecule has 0 amide bonds. The molecule has 13 heteroatoms. The Hall–Kier alpha value is -3.03. The predicted octanol–water partition coefficient (Wildman–Crippen LogP) is 7.64. The molecule has 3 aromatic rings. The van der Waals surface area contributed by atoms with Crippen LogP contribution in [-0.2, 0) is 26.0 Å². The summed E-state index contributed by atoms with van der Waals surface area (Å²) in [5.74, 6) is 0.0539. The van der Waals surface area contributed by atoms with Crippen molar-refractivity contribution < 1.29 is 36.3 Å². The maximum atomic E-state index is 14.8. The van der Waals surface area contributed by atoms with Crippen LogP contribution >= 0.6 is 0 Å². The van der Waals surface area contributed by atoms with Gasteiger partial charge >= 0.3 is 6.11 Å². The topological polar surface area (TPSA) is 76.8 Å². The van der Waals surface area contributed by atoms with E-state index in [4.69, 9.17) is 0 Å². The Morgan fingerprint density at radius 3 is 2.35 bits per heavy atom. The lowest BCUT2D eigenvalue weighted by molar-refractivity contribution is -0.376. The van der Waals surface area contributed by atoms with Crippen molar-refractivity contribution in [2.75, 3.05) is 25.1 Å². The van der Waals surface area contributed by atoms with Crippen molar-refractivity contribution in [3.8, 4) is 0 Å². The number of likely N-dealkylation sites (N-methyl/N-ethyl adjacent to an activating group) is 1. The summed E-state index contributed by atoms with van der Waals surface area (Å²) in [6, 6.07) is 6.07. The van der Waals surface area contributed by atoms with E-state index in [1.165, 1.54) is 34.7 Å². The van der Waals surface area contributed by atoms with Crippen molar-refractivity contribution in [3.05, 3.63) is 77.5 Å². The number of fused-ring (bicyclic) bond motifs is 3. The van der Waals surface area contributed by atoms with Crippen LogP contribution in [0.25, 0.3) is 5.65 Å². The Labute approximate surface area is 270 Å². The van der Waals surface area contributed by atoms with Crippen molar-refractivity contribution >= 4 is 22.7 Å². The second-order valence-electron chi connectivity index (χ2n) is 12.1. The normalized spacial score (nSPS) is 22.4. The number of hydrogen-bond donors (Lipinski definition) is 0. The third-order valence-corrected chi connectivity index (χ3v) is 9.92. The van der Waals surface area contributed by atoms with Gasteiger partial charge in [0.05, 0.1) is 5.69 Å². The van der Waals surface area contributed by atoms with Gasteiger partial charge in [-0.25, -0.2) is 9.50 Å². The number of hydrogen-bond acceptors (Lipinski definition) is 6. The van der Waals surface area contributed by atoms with Crippen molar-refractivity contribution in [2.45, 2.75) is 83.8 Å². The number of carbonyl (C=O) groups is 1. The van der Waals surface area contributed by atoms with Gasteiger partial charge in [-0.1, -0.05) is 58.0 Å². The quantitative estimate of drug-likeness (QED) is 0.132. The highest BCUT2D eigenvalue weighted by molar-refractivity contribution is 7.85. The number of carbonyl (C=O) groups excluding carboxylic acids is 1. The minimum atomic E-state index is -4.14. The molecule has 256 valence electrons. The fourth-order valence-electron chi connectivity index (χ4n) is 6.34. The molecule has 0 radical (unpaired) electrons. The molecule has 3 heterocycles. The van der Waals surface area contributed by atoms with Gasteiger partial charge in [-0.15, -0.1) is 16.6 Å². The summed E-state index contributed by atoms with van der Waals surface area (Å²) in [5.41, 5.74) is 2.06. The standard InChI is InChI=1S/C28H32F4N4O3S.C3H6.C2H6.FH/c1-26(2)15-20(21-16-33-23-14-22(29)34-36(23)25(21)26)18-4-6-19(7-5-18)24(28(30,31)39-32)35(3)11-8-27(17-37)9-12-40(38)13-10-27;1-3-2;1-2;/h4-7,14,16-17,20,24H,8-13,15H2,1-3H3;3H,1H2,2H3;1-2H3;1H/t20-,24?,27?,40?;;;/m0.../s1. The molecule has 2 aliphatic rings. The lowest BCUT2D eigenvalue weighted by Gasteiger charge is -2.36. The Kier molecular flexibility index (Phi) is 13.8. The summed E-state index contributed by atoms with van der Waals surface area (Å²) in [6.45, 7) is 13.4. The minimum absolute atomic E-state index is 0. The number of allylic oxidation sites excluding steroid dienone is 1. The number of nitrogens with zero attached hydrogens (tertiary/aromatic N) is 4. The molecule has 1 unspecified atom stereocenters. The number of rotatable bonds is 9. The summed E-state index contributed by atoms with van der Waals surface area (Å²) < 4.78 is 69.9. The molecule has 1 aliphatic carbocycles. The zero-order valence-corrected chi connectivity index (χ0v) is 28.1. The van der Waals surface area contributed by atoms with Crippen LogP contribution in [0.4, 0.5) is 22.4 Å². The number of aldehydes is 1. The Morgan fingerprint density at radius 1 is 1.22 bits per heavy atom. The van der Waals surface area contributed by atoms with E-state index in [0.29, 0.717) is 36.4 Å². The molecule has 2 atom stereocenters. The third kappa shape index (κ3) is 8.27. The SMILES string of the molecule is C=CC.CC.CN(CCC1(C=O)CCS(=O)CC1)C(c1ccc([C@@H]2CC(C)(C)c3c2cnc2cc(F)nn32)cc1)C(F)(F)OF.F. The summed E-state index contributed by atoms with van der Waals surface area (Å²) in [6.07, 6.45) is 1.98. The van der Waals surface area contributed by atoms with Gasteiger partial charge < -0.3 is 4.79 Å². The molecular weight excluding hydrogens is 627 g/mol. The van der Waals surface area contributed by atoms with Crippen LogP contribution in [-0.4, -0.2) is 61.2 Å². The molecule has 7 nitrogen and oxygen atoms in total. The maximum Gasteiger partial charge on any atom is 0.405 e. The van der Waals surface area contributed by atoms with E-state index in [2.05, 4.69) is 21.6 Å². The number of halogens is 5. The van der Waals surface area contributed by atoms with Crippen LogP contribution in [0, 0.1) is 11.4 Å². The fourth-order valence-corrected chi connectivity index (χ4v) is 7.81. The lowest BCUT2D eigenvalue weighted by Crippen LogP contribution is -2.42. The average molecular weight is 673 g/mol. The molecule has 1 fully saturated rings. The summed E-state index contributed by atoms with van der Waals surface area (Å²) >= 11 is 0. The predicted molar refractivity (Wildman–Crippen MR) is 171 cm³/mol. The zero-order chi connectivity index (χ0) is 33.6. The fraction of sp³-hybridized carbons (Fsp3) is 0.545. The summed E-state index contributed by atoms with van der Waals surface area (Å²) in [5, 5.41) is 3.98. The van der Waals surface area contributed by atoms with Gasteiger partial charge in [0.15, 0.2) is 5.65 Å². The maximum absolute atomic E-state index is 14.8. The largest absolute Gasteiger partial charge is 0.405 e.